The monoisotopic (exact) mass is 633 g/mol. The molecule has 0 aliphatic rings. The van der Waals surface area contributed by atoms with Crippen molar-refractivity contribution >= 4 is 35.5 Å². The van der Waals surface area contributed by atoms with Crippen LogP contribution in [-0.4, -0.2) is 119 Å². The normalized spacial score (nSPS) is 15.3. The van der Waals surface area contributed by atoms with Crippen LogP contribution in [0.4, 0.5) is 0 Å². The molecule has 44 heavy (non-hydrogen) atoms. The van der Waals surface area contributed by atoms with Gasteiger partial charge in [0.15, 0.2) is 0 Å². The standard InChI is InChI=1S/C27H51N7O10/c1-14(2)9-18(31-26(42)20(12-36)33-22(38)16(29)11-35)24(40)34-21(13-37)25(41)30-17(7-5-6-8-28)23(39)32-19(27(43)44)10-15(3)4/h14-21,35-37H,5-13,28-29H2,1-4H3,(H,30,41)(H,31,42)(H,32,39)(H,33,38)(H,34,40)(H,43,44)/t16-,17-,18-,19-,20-,21-/m0/s1. The third-order valence-electron chi connectivity index (χ3n) is 6.41. The van der Waals surface area contributed by atoms with E-state index >= 15 is 0 Å². The highest BCUT2D eigenvalue weighted by atomic mass is 16.4. The molecule has 0 aromatic carbocycles. The number of hydrogen-bond acceptors (Lipinski definition) is 11. The SMILES string of the molecule is CC(C)C[C@H](NC(=O)[C@H](CCCCN)NC(=O)[C@H](CO)NC(=O)[C@H](CC(C)C)NC(=O)[C@H](CO)NC(=O)[C@@H](N)CO)C(=O)O. The zero-order valence-electron chi connectivity index (χ0n) is 25.9. The number of hydrogen-bond donors (Lipinski definition) is 11. The fourth-order valence-electron chi connectivity index (χ4n) is 4.00. The first-order chi connectivity index (χ1) is 20.6. The Hall–Kier alpha value is -3.38. The number of rotatable bonds is 22. The molecule has 254 valence electrons. The highest BCUT2D eigenvalue weighted by Gasteiger charge is 2.32. The summed E-state index contributed by atoms with van der Waals surface area (Å²) in [6.45, 7) is 4.98. The predicted octanol–water partition coefficient (Wildman–Crippen LogP) is -3.98. The minimum absolute atomic E-state index is 0.0445. The number of carbonyl (C=O) groups is 6. The Balaban J connectivity index is 5.74. The fourth-order valence-corrected chi connectivity index (χ4v) is 4.00. The van der Waals surface area contributed by atoms with Gasteiger partial charge in [-0.3, -0.25) is 24.0 Å². The van der Waals surface area contributed by atoms with Crippen molar-refractivity contribution in [2.75, 3.05) is 26.4 Å². The summed E-state index contributed by atoms with van der Waals surface area (Å²) in [6, 6.07) is -8.06. The van der Waals surface area contributed by atoms with E-state index in [1.54, 1.807) is 27.7 Å². The van der Waals surface area contributed by atoms with E-state index in [1.165, 1.54) is 0 Å². The fraction of sp³-hybridized carbons (Fsp3) is 0.778. The molecule has 6 atom stereocenters. The molecule has 0 unspecified atom stereocenters. The van der Waals surface area contributed by atoms with Crippen molar-refractivity contribution in [1.82, 2.24) is 26.6 Å². The number of unbranched alkanes of at least 4 members (excludes halogenated alkanes) is 1. The van der Waals surface area contributed by atoms with Gasteiger partial charge in [-0.1, -0.05) is 27.7 Å². The number of carboxylic acids is 1. The Kier molecular flexibility index (Phi) is 19.7. The van der Waals surface area contributed by atoms with E-state index < -0.39 is 91.6 Å². The minimum Gasteiger partial charge on any atom is -0.480 e. The molecule has 0 aromatic rings. The summed E-state index contributed by atoms with van der Waals surface area (Å²) in [6.07, 6.45) is 1.26. The Morgan fingerprint density at radius 2 is 0.955 bits per heavy atom. The average Bonchev–Trinajstić information content (AvgIpc) is 2.95. The minimum atomic E-state index is -1.55. The van der Waals surface area contributed by atoms with Crippen LogP contribution < -0.4 is 38.1 Å². The van der Waals surface area contributed by atoms with Gasteiger partial charge in [0, 0.05) is 0 Å². The summed E-state index contributed by atoms with van der Waals surface area (Å²) in [4.78, 5) is 75.6. The Morgan fingerprint density at radius 3 is 1.39 bits per heavy atom. The molecule has 0 bridgehead atoms. The highest BCUT2D eigenvalue weighted by Crippen LogP contribution is 2.09. The molecule has 0 aliphatic heterocycles. The van der Waals surface area contributed by atoms with Crippen LogP contribution in [0.15, 0.2) is 0 Å². The molecule has 0 heterocycles. The number of nitrogens with one attached hydrogen (secondary N) is 5. The van der Waals surface area contributed by atoms with Gasteiger partial charge in [0.25, 0.3) is 0 Å². The molecule has 0 radical (unpaired) electrons. The van der Waals surface area contributed by atoms with E-state index in [0.29, 0.717) is 19.4 Å². The summed E-state index contributed by atoms with van der Waals surface area (Å²) in [7, 11) is 0. The van der Waals surface area contributed by atoms with Gasteiger partial charge >= 0.3 is 5.97 Å². The zero-order valence-corrected chi connectivity index (χ0v) is 25.9. The molecule has 13 N–H and O–H groups in total. The first-order valence-corrected chi connectivity index (χ1v) is 14.6. The Labute approximate surface area is 257 Å². The third kappa shape index (κ3) is 15.4. The van der Waals surface area contributed by atoms with Crippen molar-refractivity contribution in [2.45, 2.75) is 96.1 Å². The van der Waals surface area contributed by atoms with Crippen molar-refractivity contribution < 1.29 is 49.2 Å². The van der Waals surface area contributed by atoms with E-state index in [1.807, 2.05) is 0 Å². The molecular weight excluding hydrogens is 582 g/mol. The summed E-state index contributed by atoms with van der Waals surface area (Å²) >= 11 is 0. The lowest BCUT2D eigenvalue weighted by atomic mass is 10.0. The number of carboxylic acid groups (broad SMARTS) is 1. The Bertz CT molecular complexity index is 950. The van der Waals surface area contributed by atoms with E-state index in [9.17, 15) is 44.1 Å². The topological polar surface area (TPSA) is 296 Å². The van der Waals surface area contributed by atoms with Crippen LogP contribution in [0.2, 0.25) is 0 Å². The van der Waals surface area contributed by atoms with Crippen LogP contribution in [0.1, 0.15) is 59.8 Å². The van der Waals surface area contributed by atoms with Crippen molar-refractivity contribution in [3.8, 4) is 0 Å². The maximum atomic E-state index is 13.2. The van der Waals surface area contributed by atoms with Gasteiger partial charge in [-0.15, -0.1) is 0 Å². The van der Waals surface area contributed by atoms with Crippen molar-refractivity contribution in [2.24, 2.45) is 23.3 Å². The molecule has 0 rings (SSSR count). The van der Waals surface area contributed by atoms with Gasteiger partial charge in [0.2, 0.25) is 29.5 Å². The summed E-state index contributed by atoms with van der Waals surface area (Å²) in [5.74, 6) is -5.85. The molecule has 0 spiro atoms. The smallest absolute Gasteiger partial charge is 0.326 e. The molecule has 17 nitrogen and oxygen atoms in total. The number of aliphatic hydroxyl groups is 3. The first kappa shape index (κ1) is 40.6. The van der Waals surface area contributed by atoms with Crippen molar-refractivity contribution in [3.63, 3.8) is 0 Å². The summed E-state index contributed by atoms with van der Waals surface area (Å²) in [5.41, 5.74) is 11.0. The van der Waals surface area contributed by atoms with Gasteiger partial charge < -0.3 is 58.5 Å². The van der Waals surface area contributed by atoms with Crippen LogP contribution in [0.3, 0.4) is 0 Å². The lowest BCUT2D eigenvalue weighted by molar-refractivity contribution is -0.143. The molecule has 17 heteroatoms. The number of amides is 5. The van der Waals surface area contributed by atoms with Gasteiger partial charge in [0.05, 0.1) is 19.8 Å². The van der Waals surface area contributed by atoms with Gasteiger partial charge in [-0.05, 0) is 50.5 Å². The summed E-state index contributed by atoms with van der Waals surface area (Å²) < 4.78 is 0. The second-order valence-corrected chi connectivity index (χ2v) is 11.3. The van der Waals surface area contributed by atoms with Gasteiger partial charge in [-0.2, -0.15) is 0 Å². The zero-order chi connectivity index (χ0) is 34.0. The average molecular weight is 634 g/mol. The maximum absolute atomic E-state index is 13.2. The van der Waals surface area contributed by atoms with Crippen LogP contribution in [0, 0.1) is 11.8 Å². The van der Waals surface area contributed by atoms with Gasteiger partial charge in [0.1, 0.15) is 36.3 Å². The third-order valence-corrected chi connectivity index (χ3v) is 6.41. The maximum Gasteiger partial charge on any atom is 0.326 e. The predicted molar refractivity (Wildman–Crippen MR) is 158 cm³/mol. The van der Waals surface area contributed by atoms with E-state index in [-0.39, 0.29) is 31.1 Å². The number of carbonyl (C=O) groups excluding carboxylic acids is 5. The molecule has 0 saturated heterocycles. The number of aliphatic carboxylic acids is 1. The summed E-state index contributed by atoms with van der Waals surface area (Å²) in [5, 5.41) is 49.8. The Morgan fingerprint density at radius 1 is 0.568 bits per heavy atom. The number of aliphatic hydroxyl groups excluding tert-OH is 3. The van der Waals surface area contributed by atoms with Crippen molar-refractivity contribution in [1.29, 1.82) is 0 Å². The molecule has 0 fully saturated rings. The van der Waals surface area contributed by atoms with Gasteiger partial charge in [-0.25, -0.2) is 4.79 Å². The van der Waals surface area contributed by atoms with E-state index in [0.717, 1.165) is 0 Å². The largest absolute Gasteiger partial charge is 0.480 e. The first-order valence-electron chi connectivity index (χ1n) is 14.6. The molecular formula is C27H51N7O10. The highest BCUT2D eigenvalue weighted by molar-refractivity contribution is 5.96. The van der Waals surface area contributed by atoms with Crippen molar-refractivity contribution in [3.05, 3.63) is 0 Å². The second kappa shape index (κ2) is 21.3. The van der Waals surface area contributed by atoms with Crippen LogP contribution in [-0.2, 0) is 28.8 Å². The van der Waals surface area contributed by atoms with E-state index in [2.05, 4.69) is 26.6 Å². The lowest BCUT2D eigenvalue weighted by Crippen LogP contribution is -2.60. The van der Waals surface area contributed by atoms with Crippen LogP contribution in [0.25, 0.3) is 0 Å². The van der Waals surface area contributed by atoms with E-state index in [4.69, 9.17) is 16.6 Å². The molecule has 5 amide bonds. The molecule has 0 aliphatic carbocycles. The number of nitrogens with two attached hydrogens (primary N) is 2. The molecule has 0 saturated carbocycles. The molecule has 0 aromatic heterocycles. The quantitative estimate of drug-likeness (QED) is 0.0509. The lowest BCUT2D eigenvalue weighted by Gasteiger charge is -2.27. The van der Waals surface area contributed by atoms with Crippen LogP contribution in [0.5, 0.6) is 0 Å². The van der Waals surface area contributed by atoms with Crippen LogP contribution >= 0.6 is 0 Å². The second-order valence-electron chi connectivity index (χ2n) is 11.3.